The number of aryl methyl sites for hydroxylation is 1. The highest BCUT2D eigenvalue weighted by molar-refractivity contribution is 7.03. The SMILES string of the molecule is Cc1cc(-c2cnsc2)nc(Cl)n1. The Hall–Kier alpha value is -1.00. The molecule has 0 atom stereocenters. The van der Waals surface area contributed by atoms with Gasteiger partial charge >= 0.3 is 0 Å². The quantitative estimate of drug-likeness (QED) is 0.681. The van der Waals surface area contributed by atoms with Crippen molar-refractivity contribution in [1.29, 1.82) is 0 Å². The van der Waals surface area contributed by atoms with Gasteiger partial charge in [-0.05, 0) is 36.1 Å². The molecule has 0 aliphatic carbocycles. The summed E-state index contributed by atoms with van der Waals surface area (Å²) in [6.45, 7) is 1.89. The molecule has 0 aromatic carbocycles. The van der Waals surface area contributed by atoms with E-state index in [0.717, 1.165) is 17.0 Å². The Balaban J connectivity index is 2.53. The molecule has 2 aromatic heterocycles. The van der Waals surface area contributed by atoms with Gasteiger partial charge in [-0.25, -0.2) is 14.3 Å². The van der Waals surface area contributed by atoms with E-state index in [1.165, 1.54) is 11.5 Å². The van der Waals surface area contributed by atoms with E-state index < -0.39 is 0 Å². The fourth-order valence-electron chi connectivity index (χ4n) is 1.01. The minimum Gasteiger partial charge on any atom is -0.223 e. The van der Waals surface area contributed by atoms with E-state index in [1.807, 2.05) is 18.4 Å². The lowest BCUT2D eigenvalue weighted by atomic mass is 10.2. The van der Waals surface area contributed by atoms with Crippen molar-refractivity contribution in [3.63, 3.8) is 0 Å². The second-order valence-electron chi connectivity index (χ2n) is 2.58. The zero-order chi connectivity index (χ0) is 9.26. The Labute approximate surface area is 84.6 Å². The highest BCUT2D eigenvalue weighted by Crippen LogP contribution is 2.19. The van der Waals surface area contributed by atoms with Gasteiger partial charge in [0, 0.05) is 16.6 Å². The van der Waals surface area contributed by atoms with Crippen LogP contribution >= 0.6 is 23.1 Å². The highest BCUT2D eigenvalue weighted by Gasteiger charge is 2.03. The van der Waals surface area contributed by atoms with Crippen LogP contribution < -0.4 is 0 Å². The van der Waals surface area contributed by atoms with Crippen LogP contribution in [0, 0.1) is 6.92 Å². The molecule has 0 radical (unpaired) electrons. The summed E-state index contributed by atoms with van der Waals surface area (Å²) in [7, 11) is 0. The van der Waals surface area contributed by atoms with Crippen LogP contribution in [0.1, 0.15) is 5.69 Å². The third-order valence-corrected chi connectivity index (χ3v) is 2.31. The third-order valence-electron chi connectivity index (χ3n) is 1.56. The molecule has 0 N–H and O–H groups in total. The minimum atomic E-state index is 0.279. The van der Waals surface area contributed by atoms with Crippen molar-refractivity contribution in [2.45, 2.75) is 6.92 Å². The first-order valence-electron chi connectivity index (χ1n) is 3.66. The number of hydrogen-bond donors (Lipinski definition) is 0. The Morgan fingerprint density at radius 2 is 2.23 bits per heavy atom. The Kier molecular flexibility index (Phi) is 2.24. The summed E-state index contributed by atoms with van der Waals surface area (Å²) in [5.74, 6) is 0. The van der Waals surface area contributed by atoms with Crippen LogP contribution in [0.25, 0.3) is 11.3 Å². The summed E-state index contributed by atoms with van der Waals surface area (Å²) in [6, 6.07) is 1.88. The van der Waals surface area contributed by atoms with E-state index in [9.17, 15) is 0 Å². The first kappa shape index (κ1) is 8.59. The van der Waals surface area contributed by atoms with Crippen molar-refractivity contribution in [2.75, 3.05) is 0 Å². The molecule has 3 nitrogen and oxygen atoms in total. The molecule has 66 valence electrons. The standard InChI is InChI=1S/C8H6ClN3S/c1-5-2-7(12-8(9)11-5)6-3-10-13-4-6/h2-4H,1H3. The third kappa shape index (κ3) is 1.84. The number of nitrogens with zero attached hydrogens (tertiary/aromatic N) is 3. The van der Waals surface area contributed by atoms with Gasteiger partial charge in [-0.15, -0.1) is 0 Å². The molecule has 13 heavy (non-hydrogen) atoms. The number of rotatable bonds is 1. The number of aromatic nitrogens is 3. The lowest BCUT2D eigenvalue weighted by Crippen LogP contribution is -1.89. The zero-order valence-corrected chi connectivity index (χ0v) is 8.43. The molecule has 0 bridgehead atoms. The van der Waals surface area contributed by atoms with Crippen molar-refractivity contribution in [3.05, 3.63) is 28.6 Å². The Bertz CT molecular complexity index is 393. The molecule has 0 saturated heterocycles. The van der Waals surface area contributed by atoms with Crippen molar-refractivity contribution >= 4 is 23.1 Å². The molecule has 0 unspecified atom stereocenters. The first-order valence-corrected chi connectivity index (χ1v) is 4.88. The second kappa shape index (κ2) is 3.40. The molecule has 0 amide bonds. The monoisotopic (exact) mass is 211 g/mol. The summed E-state index contributed by atoms with van der Waals surface area (Å²) < 4.78 is 4.00. The van der Waals surface area contributed by atoms with Crippen LogP contribution in [0.15, 0.2) is 17.6 Å². The van der Waals surface area contributed by atoms with Crippen LogP contribution in [-0.2, 0) is 0 Å². The molecule has 5 heteroatoms. The zero-order valence-electron chi connectivity index (χ0n) is 6.86. The van der Waals surface area contributed by atoms with Gasteiger partial charge in [0.1, 0.15) is 0 Å². The van der Waals surface area contributed by atoms with E-state index in [0.29, 0.717) is 0 Å². The minimum absolute atomic E-state index is 0.279. The van der Waals surface area contributed by atoms with Crippen molar-refractivity contribution < 1.29 is 0 Å². The van der Waals surface area contributed by atoms with Gasteiger partial charge in [-0.2, -0.15) is 0 Å². The van der Waals surface area contributed by atoms with Gasteiger partial charge in [0.15, 0.2) is 0 Å². The molecule has 2 heterocycles. The second-order valence-corrected chi connectivity index (χ2v) is 3.57. The lowest BCUT2D eigenvalue weighted by molar-refractivity contribution is 1.11. The summed E-state index contributed by atoms with van der Waals surface area (Å²) >= 11 is 7.12. The van der Waals surface area contributed by atoms with Gasteiger partial charge in [-0.3, -0.25) is 0 Å². The van der Waals surface area contributed by atoms with Gasteiger partial charge in [0.05, 0.1) is 11.9 Å². The van der Waals surface area contributed by atoms with Gasteiger partial charge in [0.25, 0.3) is 0 Å². The molecule has 0 spiro atoms. The molecule has 0 saturated carbocycles. The molecule has 2 aromatic rings. The highest BCUT2D eigenvalue weighted by atomic mass is 35.5. The smallest absolute Gasteiger partial charge is 0.223 e. The Morgan fingerprint density at radius 3 is 2.85 bits per heavy atom. The summed E-state index contributed by atoms with van der Waals surface area (Å²) in [5.41, 5.74) is 2.67. The maximum absolute atomic E-state index is 5.73. The van der Waals surface area contributed by atoms with E-state index in [4.69, 9.17) is 11.6 Å². The molecule has 0 aliphatic rings. The Morgan fingerprint density at radius 1 is 1.38 bits per heavy atom. The molecular weight excluding hydrogens is 206 g/mol. The molecule has 0 fully saturated rings. The van der Waals surface area contributed by atoms with Crippen LogP contribution in [0.5, 0.6) is 0 Å². The van der Waals surface area contributed by atoms with E-state index in [-0.39, 0.29) is 5.28 Å². The summed E-state index contributed by atoms with van der Waals surface area (Å²) in [4.78, 5) is 8.08. The molecule has 2 rings (SSSR count). The fraction of sp³-hybridized carbons (Fsp3) is 0.125. The van der Waals surface area contributed by atoms with Crippen LogP contribution in [0.4, 0.5) is 0 Å². The maximum atomic E-state index is 5.73. The average Bonchev–Trinajstić information content (AvgIpc) is 2.53. The topological polar surface area (TPSA) is 38.7 Å². The number of halogens is 1. The molecule has 0 aliphatic heterocycles. The largest absolute Gasteiger partial charge is 0.223 e. The maximum Gasteiger partial charge on any atom is 0.223 e. The van der Waals surface area contributed by atoms with E-state index in [1.54, 1.807) is 6.20 Å². The van der Waals surface area contributed by atoms with E-state index in [2.05, 4.69) is 14.3 Å². The fourth-order valence-corrected chi connectivity index (χ4v) is 1.77. The molecular formula is C8H6ClN3S. The van der Waals surface area contributed by atoms with Crippen LogP contribution in [0.2, 0.25) is 5.28 Å². The first-order chi connectivity index (χ1) is 6.25. The average molecular weight is 212 g/mol. The van der Waals surface area contributed by atoms with E-state index >= 15 is 0 Å². The van der Waals surface area contributed by atoms with Gasteiger partial charge in [-0.1, -0.05) is 0 Å². The summed E-state index contributed by atoms with van der Waals surface area (Å²) in [6.07, 6.45) is 1.77. The van der Waals surface area contributed by atoms with Crippen molar-refractivity contribution in [1.82, 2.24) is 14.3 Å². The predicted octanol–water partition coefficient (Wildman–Crippen LogP) is 2.56. The van der Waals surface area contributed by atoms with Crippen LogP contribution in [0.3, 0.4) is 0 Å². The predicted molar refractivity (Wildman–Crippen MR) is 52.9 cm³/mol. The normalized spacial score (nSPS) is 10.3. The lowest BCUT2D eigenvalue weighted by Gasteiger charge is -1.98. The van der Waals surface area contributed by atoms with Crippen molar-refractivity contribution in [3.8, 4) is 11.3 Å². The van der Waals surface area contributed by atoms with Crippen molar-refractivity contribution in [2.24, 2.45) is 0 Å². The van der Waals surface area contributed by atoms with Gasteiger partial charge in [0.2, 0.25) is 5.28 Å². The van der Waals surface area contributed by atoms with Crippen LogP contribution in [-0.4, -0.2) is 14.3 Å². The van der Waals surface area contributed by atoms with Gasteiger partial charge < -0.3 is 0 Å². The number of hydrogen-bond acceptors (Lipinski definition) is 4. The summed E-state index contributed by atoms with van der Waals surface area (Å²) in [5, 5.41) is 2.21.